The van der Waals surface area contributed by atoms with Crippen LogP contribution in [0.5, 0.6) is 0 Å². The van der Waals surface area contributed by atoms with Gasteiger partial charge in [-0.1, -0.05) is 41.9 Å². The zero-order valence-electron chi connectivity index (χ0n) is 13.9. The van der Waals surface area contributed by atoms with Crippen molar-refractivity contribution in [3.8, 4) is 11.3 Å². The molecule has 4 rings (SSSR count). The van der Waals surface area contributed by atoms with Crippen molar-refractivity contribution < 1.29 is 0 Å². The van der Waals surface area contributed by atoms with Crippen molar-refractivity contribution >= 4 is 33.4 Å². The van der Waals surface area contributed by atoms with Crippen molar-refractivity contribution in [2.24, 2.45) is 5.73 Å². The highest BCUT2D eigenvalue weighted by Gasteiger charge is 2.16. The average Bonchev–Trinajstić information content (AvgIpc) is 3.01. The van der Waals surface area contributed by atoms with Gasteiger partial charge in [-0.05, 0) is 49.6 Å². The molecule has 0 aliphatic carbocycles. The van der Waals surface area contributed by atoms with Crippen molar-refractivity contribution in [3.05, 3.63) is 65.3 Å². The number of aromatic nitrogens is 2. The van der Waals surface area contributed by atoms with Gasteiger partial charge in [0.15, 0.2) is 0 Å². The summed E-state index contributed by atoms with van der Waals surface area (Å²) in [5, 5.41) is 3.09. The van der Waals surface area contributed by atoms with Gasteiger partial charge in [0.1, 0.15) is 0 Å². The van der Waals surface area contributed by atoms with Crippen LogP contribution in [0.15, 0.2) is 54.7 Å². The molecule has 0 bridgehead atoms. The minimum Gasteiger partial charge on any atom is -0.353 e. The number of aromatic amines is 1. The minimum absolute atomic E-state index is 0.719. The Bertz CT molecular complexity index is 1030. The van der Waals surface area contributed by atoms with E-state index >= 15 is 0 Å². The van der Waals surface area contributed by atoms with Gasteiger partial charge >= 0.3 is 0 Å². The van der Waals surface area contributed by atoms with E-state index in [1.807, 2.05) is 30.5 Å². The van der Waals surface area contributed by atoms with Gasteiger partial charge in [-0.25, -0.2) is 0 Å². The van der Waals surface area contributed by atoms with E-state index in [9.17, 15) is 0 Å². The summed E-state index contributed by atoms with van der Waals surface area (Å²) in [5.41, 5.74) is 11.3. The molecule has 4 aromatic rings. The number of fused-ring (bicyclic) bond motifs is 2. The first-order chi connectivity index (χ1) is 12.3. The second-order valence-corrected chi connectivity index (χ2v) is 6.67. The zero-order valence-corrected chi connectivity index (χ0v) is 14.7. The first-order valence-corrected chi connectivity index (χ1v) is 9.00. The molecular formula is C21H20ClN3. The van der Waals surface area contributed by atoms with Crippen LogP contribution in [0.2, 0.25) is 5.02 Å². The Labute approximate surface area is 151 Å². The summed E-state index contributed by atoms with van der Waals surface area (Å²) in [6, 6.07) is 16.4. The Kier molecular flexibility index (Phi) is 4.43. The number of halogens is 1. The maximum atomic E-state index is 6.45. The van der Waals surface area contributed by atoms with Gasteiger partial charge in [-0.2, -0.15) is 0 Å². The van der Waals surface area contributed by atoms with Crippen LogP contribution in [0, 0.1) is 0 Å². The summed E-state index contributed by atoms with van der Waals surface area (Å²) < 4.78 is 0. The van der Waals surface area contributed by atoms with Crippen LogP contribution in [0.3, 0.4) is 0 Å². The molecule has 0 spiro atoms. The fourth-order valence-electron chi connectivity index (χ4n) is 3.49. The van der Waals surface area contributed by atoms with E-state index in [0.717, 1.165) is 52.9 Å². The lowest BCUT2D eigenvalue weighted by Gasteiger charge is -2.08. The highest BCUT2D eigenvalue weighted by atomic mass is 35.5. The molecule has 0 aliphatic rings. The van der Waals surface area contributed by atoms with E-state index in [2.05, 4.69) is 34.2 Å². The minimum atomic E-state index is 0.719. The van der Waals surface area contributed by atoms with E-state index in [1.165, 1.54) is 16.5 Å². The van der Waals surface area contributed by atoms with Crippen LogP contribution < -0.4 is 5.73 Å². The standard InChI is InChI=1S/C21H20ClN3/c22-18-10-3-7-17-16(6-1-2-12-23)20(25-21(17)18)15-8-4-11-19-14(15)9-5-13-24-19/h3-5,7-11,13,25H,1-2,6,12,23H2. The molecule has 126 valence electrons. The van der Waals surface area contributed by atoms with Gasteiger partial charge < -0.3 is 10.7 Å². The maximum Gasteiger partial charge on any atom is 0.0708 e. The quantitative estimate of drug-likeness (QED) is 0.479. The van der Waals surface area contributed by atoms with E-state index in [-0.39, 0.29) is 0 Å². The van der Waals surface area contributed by atoms with Gasteiger partial charge in [0.05, 0.1) is 21.7 Å². The Balaban J connectivity index is 1.96. The van der Waals surface area contributed by atoms with Gasteiger partial charge in [0.25, 0.3) is 0 Å². The van der Waals surface area contributed by atoms with Crippen LogP contribution >= 0.6 is 11.6 Å². The molecule has 0 aliphatic heterocycles. The van der Waals surface area contributed by atoms with Crippen molar-refractivity contribution in [1.29, 1.82) is 0 Å². The number of unbranched alkanes of at least 4 members (excludes halogenated alkanes) is 1. The van der Waals surface area contributed by atoms with E-state index in [0.29, 0.717) is 0 Å². The van der Waals surface area contributed by atoms with E-state index in [4.69, 9.17) is 17.3 Å². The molecule has 0 saturated heterocycles. The van der Waals surface area contributed by atoms with Gasteiger partial charge in [-0.3, -0.25) is 4.98 Å². The van der Waals surface area contributed by atoms with Crippen LogP contribution in [0.1, 0.15) is 18.4 Å². The number of H-pyrrole nitrogens is 1. The largest absolute Gasteiger partial charge is 0.353 e. The van der Waals surface area contributed by atoms with Crippen LogP contribution in [-0.4, -0.2) is 16.5 Å². The molecule has 4 heteroatoms. The van der Waals surface area contributed by atoms with Crippen molar-refractivity contribution in [2.75, 3.05) is 6.54 Å². The summed E-state index contributed by atoms with van der Waals surface area (Å²) >= 11 is 6.45. The summed E-state index contributed by atoms with van der Waals surface area (Å²) in [7, 11) is 0. The first kappa shape index (κ1) is 16.1. The molecule has 25 heavy (non-hydrogen) atoms. The smallest absolute Gasteiger partial charge is 0.0708 e. The number of benzene rings is 2. The molecular weight excluding hydrogens is 330 g/mol. The third-order valence-electron chi connectivity index (χ3n) is 4.69. The normalized spacial score (nSPS) is 11.4. The Morgan fingerprint density at radius 3 is 2.68 bits per heavy atom. The maximum absolute atomic E-state index is 6.45. The third-order valence-corrected chi connectivity index (χ3v) is 5.00. The van der Waals surface area contributed by atoms with Crippen LogP contribution in [-0.2, 0) is 6.42 Å². The molecule has 2 heterocycles. The number of nitrogens with two attached hydrogens (primary N) is 1. The Hall–Kier alpha value is -2.36. The van der Waals surface area contributed by atoms with Gasteiger partial charge in [-0.15, -0.1) is 0 Å². The molecule has 3 N–H and O–H groups in total. The summed E-state index contributed by atoms with van der Waals surface area (Å²) in [5.74, 6) is 0. The molecule has 2 aromatic carbocycles. The summed E-state index contributed by atoms with van der Waals surface area (Å²) in [6.45, 7) is 0.719. The number of aryl methyl sites for hydroxylation is 1. The molecule has 0 fully saturated rings. The Morgan fingerprint density at radius 1 is 0.960 bits per heavy atom. The topological polar surface area (TPSA) is 54.7 Å². The van der Waals surface area contributed by atoms with Crippen LogP contribution in [0.25, 0.3) is 33.1 Å². The second-order valence-electron chi connectivity index (χ2n) is 6.26. The SMILES string of the molecule is NCCCCc1c(-c2cccc3ncccc23)[nH]c2c(Cl)cccc12. The lowest BCUT2D eigenvalue weighted by atomic mass is 9.98. The van der Waals surface area contributed by atoms with Crippen LogP contribution in [0.4, 0.5) is 0 Å². The van der Waals surface area contributed by atoms with Crippen molar-refractivity contribution in [2.45, 2.75) is 19.3 Å². The second kappa shape index (κ2) is 6.87. The van der Waals surface area contributed by atoms with Gasteiger partial charge in [0, 0.05) is 22.5 Å². The number of hydrogen-bond donors (Lipinski definition) is 2. The molecule has 3 nitrogen and oxygen atoms in total. The molecule has 0 radical (unpaired) electrons. The first-order valence-electron chi connectivity index (χ1n) is 8.63. The summed E-state index contributed by atoms with van der Waals surface area (Å²) in [6.07, 6.45) is 4.88. The fraction of sp³-hybridized carbons (Fsp3) is 0.190. The number of nitrogens with zero attached hydrogens (tertiary/aromatic N) is 1. The van der Waals surface area contributed by atoms with Crippen molar-refractivity contribution in [1.82, 2.24) is 9.97 Å². The highest BCUT2D eigenvalue weighted by Crippen LogP contribution is 2.37. The monoisotopic (exact) mass is 349 g/mol. The average molecular weight is 350 g/mol. The fourth-order valence-corrected chi connectivity index (χ4v) is 3.72. The molecule has 0 amide bonds. The molecule has 0 atom stereocenters. The zero-order chi connectivity index (χ0) is 17.2. The van der Waals surface area contributed by atoms with Crippen molar-refractivity contribution in [3.63, 3.8) is 0 Å². The Morgan fingerprint density at radius 2 is 1.80 bits per heavy atom. The highest BCUT2D eigenvalue weighted by molar-refractivity contribution is 6.35. The number of rotatable bonds is 5. The predicted octanol–water partition coefficient (Wildman–Crippen LogP) is 5.32. The molecule has 0 unspecified atom stereocenters. The number of nitrogens with one attached hydrogen (secondary N) is 1. The number of hydrogen-bond acceptors (Lipinski definition) is 2. The molecule has 2 aromatic heterocycles. The predicted molar refractivity (Wildman–Crippen MR) is 106 cm³/mol. The number of pyridine rings is 1. The number of para-hydroxylation sites is 1. The van der Waals surface area contributed by atoms with E-state index in [1.54, 1.807) is 0 Å². The lowest BCUT2D eigenvalue weighted by Crippen LogP contribution is -1.99. The van der Waals surface area contributed by atoms with E-state index < -0.39 is 0 Å². The lowest BCUT2D eigenvalue weighted by molar-refractivity contribution is 0.748. The third kappa shape index (κ3) is 2.90. The van der Waals surface area contributed by atoms with Gasteiger partial charge in [0.2, 0.25) is 0 Å². The summed E-state index contributed by atoms with van der Waals surface area (Å²) in [4.78, 5) is 8.06. The molecule has 0 saturated carbocycles.